The molecule has 2 aromatic rings. The van der Waals surface area contributed by atoms with E-state index in [1.807, 2.05) is 54.4 Å². The molecule has 0 saturated carbocycles. The predicted molar refractivity (Wildman–Crippen MR) is 132 cm³/mol. The number of benzene rings is 2. The maximum Gasteiger partial charge on any atom is 0.221 e. The first-order chi connectivity index (χ1) is 14.0. The number of nitrogens with one attached hydrogen (secondary N) is 2. The van der Waals surface area contributed by atoms with E-state index in [9.17, 15) is 4.79 Å². The van der Waals surface area contributed by atoms with Gasteiger partial charge >= 0.3 is 0 Å². The Kier molecular flexibility index (Phi) is 11.0. The number of aliphatic imine (C=N–C) groups is 1. The molecule has 0 aromatic heterocycles. The second-order valence-corrected chi connectivity index (χ2v) is 6.64. The normalized spacial score (nSPS) is 10.6. The van der Waals surface area contributed by atoms with E-state index in [-0.39, 0.29) is 29.9 Å². The van der Waals surface area contributed by atoms with Gasteiger partial charge in [-0.3, -0.25) is 9.79 Å². The molecule has 0 heterocycles. The van der Waals surface area contributed by atoms with Gasteiger partial charge in [0.05, 0.1) is 14.2 Å². The molecule has 0 unspecified atom stereocenters. The van der Waals surface area contributed by atoms with Gasteiger partial charge in [-0.05, 0) is 36.2 Å². The van der Waals surface area contributed by atoms with Gasteiger partial charge in [-0.2, -0.15) is 0 Å². The topological polar surface area (TPSA) is 75.2 Å². The highest BCUT2D eigenvalue weighted by Gasteiger charge is 2.11. The predicted octanol–water partition coefficient (Wildman–Crippen LogP) is 3.53. The van der Waals surface area contributed by atoms with Crippen molar-refractivity contribution in [3.8, 4) is 11.5 Å². The van der Waals surface area contributed by atoms with E-state index >= 15 is 0 Å². The minimum absolute atomic E-state index is 0. The summed E-state index contributed by atoms with van der Waals surface area (Å²) < 4.78 is 10.7. The van der Waals surface area contributed by atoms with Gasteiger partial charge < -0.3 is 25.0 Å². The second kappa shape index (κ2) is 12.9. The molecule has 0 spiro atoms. The Bertz CT molecular complexity index is 841. The molecule has 8 heteroatoms. The van der Waals surface area contributed by atoms with E-state index in [2.05, 4.69) is 15.6 Å². The van der Waals surface area contributed by atoms with E-state index in [0.717, 1.165) is 41.7 Å². The van der Waals surface area contributed by atoms with Crippen LogP contribution in [0.15, 0.2) is 47.5 Å². The lowest BCUT2D eigenvalue weighted by Crippen LogP contribution is -2.39. The minimum atomic E-state index is -0.0697. The van der Waals surface area contributed by atoms with Crippen LogP contribution in [0.5, 0.6) is 11.5 Å². The maximum atomic E-state index is 11.1. The van der Waals surface area contributed by atoms with Gasteiger partial charge in [-0.15, -0.1) is 24.0 Å². The van der Waals surface area contributed by atoms with Crippen molar-refractivity contribution in [3.05, 3.63) is 53.6 Å². The van der Waals surface area contributed by atoms with Crippen molar-refractivity contribution in [2.24, 2.45) is 4.99 Å². The fourth-order valence-corrected chi connectivity index (χ4v) is 2.97. The molecule has 30 heavy (non-hydrogen) atoms. The number of carbonyl (C=O) groups excluding carboxylic acids is 1. The first-order valence-corrected chi connectivity index (χ1v) is 9.46. The quantitative estimate of drug-likeness (QED) is 0.313. The number of halogens is 1. The number of hydrogen-bond donors (Lipinski definition) is 2. The van der Waals surface area contributed by atoms with Crippen molar-refractivity contribution in [1.29, 1.82) is 0 Å². The van der Waals surface area contributed by atoms with Gasteiger partial charge in [0.25, 0.3) is 0 Å². The summed E-state index contributed by atoms with van der Waals surface area (Å²) in [4.78, 5) is 17.5. The standard InChI is InChI=1S/C22H30N4O3.HI/c1-16(27)25-19-9-6-17(7-10-19)12-13-24-22(23-2)26(3)15-18-8-11-20(28-4)14-21(18)29-5;/h6-11,14H,12-13,15H2,1-5H3,(H,23,24)(H,25,27);1H. The first kappa shape index (κ1) is 25.5. The number of carbonyl (C=O) groups is 1. The van der Waals surface area contributed by atoms with Crippen molar-refractivity contribution in [2.75, 3.05) is 40.2 Å². The van der Waals surface area contributed by atoms with Crippen molar-refractivity contribution < 1.29 is 14.3 Å². The molecule has 2 aromatic carbocycles. The fraction of sp³-hybridized carbons (Fsp3) is 0.364. The summed E-state index contributed by atoms with van der Waals surface area (Å²) in [5.74, 6) is 2.28. The van der Waals surface area contributed by atoms with Crippen LogP contribution in [-0.4, -0.2) is 51.6 Å². The van der Waals surface area contributed by atoms with Gasteiger partial charge in [-0.1, -0.05) is 12.1 Å². The van der Waals surface area contributed by atoms with Crippen LogP contribution in [0.4, 0.5) is 5.69 Å². The van der Waals surface area contributed by atoms with Gasteiger partial charge in [0.15, 0.2) is 5.96 Å². The van der Waals surface area contributed by atoms with Crippen molar-refractivity contribution in [2.45, 2.75) is 19.9 Å². The monoisotopic (exact) mass is 526 g/mol. The van der Waals surface area contributed by atoms with Gasteiger partial charge in [0.2, 0.25) is 5.91 Å². The number of ether oxygens (including phenoxy) is 2. The Balaban J connectivity index is 0.00000450. The number of anilines is 1. The third kappa shape index (κ3) is 7.74. The molecule has 0 bridgehead atoms. The molecule has 2 rings (SSSR count). The number of nitrogens with zero attached hydrogens (tertiary/aromatic N) is 2. The molecule has 7 nitrogen and oxygen atoms in total. The summed E-state index contributed by atoms with van der Waals surface area (Å²) in [6, 6.07) is 13.7. The summed E-state index contributed by atoms with van der Waals surface area (Å²) >= 11 is 0. The number of amides is 1. The van der Waals surface area contributed by atoms with Crippen LogP contribution in [0, 0.1) is 0 Å². The van der Waals surface area contributed by atoms with Gasteiger partial charge in [0, 0.05) is 51.4 Å². The molecule has 2 N–H and O–H groups in total. The molecule has 0 atom stereocenters. The molecule has 1 amide bonds. The summed E-state index contributed by atoms with van der Waals surface area (Å²) in [5.41, 5.74) is 3.03. The van der Waals surface area contributed by atoms with Gasteiger partial charge in [-0.25, -0.2) is 0 Å². The Labute approximate surface area is 195 Å². The van der Waals surface area contributed by atoms with Crippen molar-refractivity contribution in [1.82, 2.24) is 10.2 Å². The van der Waals surface area contributed by atoms with Crippen LogP contribution < -0.4 is 20.1 Å². The summed E-state index contributed by atoms with van der Waals surface area (Å²) in [6.07, 6.45) is 0.846. The average Bonchev–Trinajstić information content (AvgIpc) is 2.72. The SMILES string of the molecule is CN=C(NCCc1ccc(NC(C)=O)cc1)N(C)Cc1ccc(OC)cc1OC.I. The Hall–Kier alpha value is -2.49. The largest absolute Gasteiger partial charge is 0.497 e. The highest BCUT2D eigenvalue weighted by atomic mass is 127. The first-order valence-electron chi connectivity index (χ1n) is 9.46. The van der Waals surface area contributed by atoms with Crippen LogP contribution in [0.1, 0.15) is 18.1 Å². The Morgan fingerprint density at radius 1 is 1.10 bits per heavy atom. The van der Waals surface area contributed by atoms with Gasteiger partial charge in [0.1, 0.15) is 11.5 Å². The maximum absolute atomic E-state index is 11.1. The van der Waals surface area contributed by atoms with Crippen LogP contribution in [-0.2, 0) is 17.8 Å². The number of guanidine groups is 1. The Morgan fingerprint density at radius 2 is 1.80 bits per heavy atom. The van der Waals surface area contributed by atoms with Crippen LogP contribution in [0.25, 0.3) is 0 Å². The van der Waals surface area contributed by atoms with E-state index in [4.69, 9.17) is 9.47 Å². The summed E-state index contributed by atoms with van der Waals surface area (Å²) in [5, 5.41) is 6.16. The minimum Gasteiger partial charge on any atom is -0.497 e. The van der Waals surface area contributed by atoms with E-state index in [1.54, 1.807) is 21.3 Å². The molecular weight excluding hydrogens is 495 g/mol. The lowest BCUT2D eigenvalue weighted by Gasteiger charge is -2.23. The fourth-order valence-electron chi connectivity index (χ4n) is 2.97. The third-order valence-corrected chi connectivity index (χ3v) is 4.45. The zero-order valence-electron chi connectivity index (χ0n) is 18.2. The van der Waals surface area contributed by atoms with Crippen LogP contribution in [0.3, 0.4) is 0 Å². The molecular formula is C22H31IN4O3. The summed E-state index contributed by atoms with van der Waals surface area (Å²) in [7, 11) is 7.05. The number of methoxy groups -OCH3 is 2. The lowest BCUT2D eigenvalue weighted by molar-refractivity contribution is -0.114. The summed E-state index contributed by atoms with van der Waals surface area (Å²) in [6.45, 7) is 2.90. The molecule has 0 fully saturated rings. The Morgan fingerprint density at radius 3 is 2.37 bits per heavy atom. The molecule has 0 aliphatic heterocycles. The van der Waals surface area contributed by atoms with E-state index in [0.29, 0.717) is 6.54 Å². The van der Waals surface area contributed by atoms with Crippen LogP contribution in [0.2, 0.25) is 0 Å². The zero-order valence-corrected chi connectivity index (χ0v) is 20.5. The van der Waals surface area contributed by atoms with Crippen molar-refractivity contribution in [3.63, 3.8) is 0 Å². The molecule has 0 radical (unpaired) electrons. The van der Waals surface area contributed by atoms with E-state index in [1.165, 1.54) is 12.5 Å². The molecule has 0 aliphatic carbocycles. The smallest absolute Gasteiger partial charge is 0.221 e. The molecule has 0 saturated heterocycles. The highest BCUT2D eigenvalue weighted by Crippen LogP contribution is 2.25. The number of hydrogen-bond acceptors (Lipinski definition) is 4. The lowest BCUT2D eigenvalue weighted by atomic mass is 10.1. The zero-order chi connectivity index (χ0) is 21.2. The second-order valence-electron chi connectivity index (χ2n) is 6.64. The van der Waals surface area contributed by atoms with Crippen LogP contribution >= 0.6 is 24.0 Å². The third-order valence-electron chi connectivity index (χ3n) is 4.45. The molecule has 0 aliphatic rings. The van der Waals surface area contributed by atoms with E-state index < -0.39 is 0 Å². The average molecular weight is 526 g/mol. The van der Waals surface area contributed by atoms with Crippen molar-refractivity contribution >= 4 is 41.5 Å². The highest BCUT2D eigenvalue weighted by molar-refractivity contribution is 14.0. The number of rotatable bonds is 8. The molecule has 164 valence electrons.